The number of nitrogens with zero attached hydrogens (tertiary/aromatic N) is 3. The van der Waals surface area contributed by atoms with Gasteiger partial charge in [0, 0.05) is 29.7 Å². The van der Waals surface area contributed by atoms with Crippen LogP contribution in [0.25, 0.3) is 0 Å². The van der Waals surface area contributed by atoms with Gasteiger partial charge in [0.05, 0.1) is 24.9 Å². The number of carbonyl (C=O) groups excluding carboxylic acids is 2. The largest absolute Gasteiger partial charge is 0.462 e. The molecule has 0 spiro atoms. The smallest absolute Gasteiger partial charge is 0.341 e. The van der Waals surface area contributed by atoms with Crippen molar-refractivity contribution >= 4 is 28.2 Å². The van der Waals surface area contributed by atoms with Crippen LogP contribution in [0.5, 0.6) is 0 Å². The second kappa shape index (κ2) is 8.95. The molecule has 2 rings (SSSR count). The Bertz CT molecular complexity index is 781. The summed E-state index contributed by atoms with van der Waals surface area (Å²) in [7, 11) is 3.77. The number of nitrogens with one attached hydrogen (secondary N) is 1. The third-order valence-electron chi connectivity index (χ3n) is 4.07. The molecule has 0 radical (unpaired) electrons. The van der Waals surface area contributed by atoms with Crippen LogP contribution in [0, 0.1) is 6.92 Å². The van der Waals surface area contributed by atoms with Gasteiger partial charge in [-0.2, -0.15) is 5.10 Å². The summed E-state index contributed by atoms with van der Waals surface area (Å²) in [5.41, 5.74) is 2.58. The molecule has 0 aliphatic heterocycles. The quantitative estimate of drug-likeness (QED) is 0.715. The van der Waals surface area contributed by atoms with Crippen molar-refractivity contribution in [3.8, 4) is 0 Å². The van der Waals surface area contributed by atoms with E-state index >= 15 is 0 Å². The number of ether oxygens (including phenoxy) is 1. The Kier molecular flexibility index (Phi) is 6.93. The highest BCUT2D eigenvalue weighted by atomic mass is 32.1. The summed E-state index contributed by atoms with van der Waals surface area (Å²) in [6.45, 7) is 6.92. The number of anilines is 1. The lowest BCUT2D eigenvalue weighted by atomic mass is 10.2. The third kappa shape index (κ3) is 4.92. The van der Waals surface area contributed by atoms with E-state index in [-0.39, 0.29) is 12.5 Å². The summed E-state index contributed by atoms with van der Waals surface area (Å²) in [4.78, 5) is 27.5. The first kappa shape index (κ1) is 20.1. The number of aromatic nitrogens is 2. The van der Waals surface area contributed by atoms with Crippen molar-refractivity contribution in [3.63, 3.8) is 0 Å². The number of hydrogen-bond acceptors (Lipinski definition) is 6. The topological polar surface area (TPSA) is 76.5 Å². The molecule has 7 nitrogen and oxygen atoms in total. The normalized spacial score (nSPS) is 11.0. The standard InChI is InChI=1S/C18H26N4O3S/c1-6-14-8-15(18(24)25-7-2)17(26-14)20-16(23)11-21(4)10-13-9-19-22(5)12(13)3/h8-9H,6-7,10-11H2,1-5H3,(H,20,23). The van der Waals surface area contributed by atoms with Gasteiger partial charge in [-0.3, -0.25) is 14.4 Å². The molecule has 0 bridgehead atoms. The Morgan fingerprint density at radius 2 is 2.12 bits per heavy atom. The van der Waals surface area contributed by atoms with Crippen LogP contribution in [-0.4, -0.2) is 46.8 Å². The first-order valence-electron chi connectivity index (χ1n) is 8.61. The number of thiophene rings is 1. The lowest BCUT2D eigenvalue weighted by Crippen LogP contribution is -2.30. The minimum atomic E-state index is -0.405. The average molecular weight is 378 g/mol. The molecule has 1 N–H and O–H groups in total. The molecule has 142 valence electrons. The molecule has 0 aliphatic rings. The highest BCUT2D eigenvalue weighted by Crippen LogP contribution is 2.29. The molecule has 0 saturated carbocycles. The summed E-state index contributed by atoms with van der Waals surface area (Å²) < 4.78 is 6.89. The summed E-state index contributed by atoms with van der Waals surface area (Å²) in [6.07, 6.45) is 2.61. The Morgan fingerprint density at radius 3 is 2.69 bits per heavy atom. The predicted octanol–water partition coefficient (Wildman–Crippen LogP) is 2.60. The van der Waals surface area contributed by atoms with E-state index in [1.165, 1.54) is 11.3 Å². The van der Waals surface area contributed by atoms with E-state index in [9.17, 15) is 9.59 Å². The van der Waals surface area contributed by atoms with Crippen LogP contribution in [0.3, 0.4) is 0 Å². The summed E-state index contributed by atoms with van der Waals surface area (Å²) in [5, 5.41) is 7.63. The van der Waals surface area contributed by atoms with E-state index in [4.69, 9.17) is 4.74 Å². The monoisotopic (exact) mass is 378 g/mol. The van der Waals surface area contributed by atoms with Gasteiger partial charge in [0.15, 0.2) is 0 Å². The van der Waals surface area contributed by atoms with Gasteiger partial charge in [0.25, 0.3) is 0 Å². The minimum absolute atomic E-state index is 0.163. The molecule has 0 saturated heterocycles. The molecule has 0 unspecified atom stereocenters. The minimum Gasteiger partial charge on any atom is -0.462 e. The van der Waals surface area contributed by atoms with Gasteiger partial charge in [-0.25, -0.2) is 4.79 Å². The Morgan fingerprint density at radius 1 is 1.38 bits per heavy atom. The van der Waals surface area contributed by atoms with Crippen LogP contribution in [-0.2, 0) is 29.5 Å². The maximum absolute atomic E-state index is 12.4. The Hall–Kier alpha value is -2.19. The number of esters is 1. The van der Waals surface area contributed by atoms with Gasteiger partial charge in [0.1, 0.15) is 5.00 Å². The second-order valence-corrected chi connectivity index (χ2v) is 7.27. The number of hydrogen-bond donors (Lipinski definition) is 1. The average Bonchev–Trinajstić information content (AvgIpc) is 3.13. The van der Waals surface area contributed by atoms with E-state index < -0.39 is 5.97 Å². The zero-order chi connectivity index (χ0) is 19.3. The van der Waals surface area contributed by atoms with Crippen molar-refractivity contribution in [2.45, 2.75) is 33.7 Å². The third-order valence-corrected chi connectivity index (χ3v) is 5.27. The number of amides is 1. The van der Waals surface area contributed by atoms with Gasteiger partial charge in [0.2, 0.25) is 5.91 Å². The molecule has 0 aromatic carbocycles. The lowest BCUT2D eigenvalue weighted by Gasteiger charge is -2.16. The van der Waals surface area contributed by atoms with Crippen LogP contribution in [0.4, 0.5) is 5.00 Å². The second-order valence-electron chi connectivity index (χ2n) is 6.13. The molecule has 0 atom stereocenters. The fourth-order valence-corrected chi connectivity index (χ4v) is 3.53. The van der Waals surface area contributed by atoms with E-state index in [2.05, 4.69) is 10.4 Å². The zero-order valence-electron chi connectivity index (χ0n) is 16.0. The molecule has 26 heavy (non-hydrogen) atoms. The molecule has 2 aromatic rings. The van der Waals surface area contributed by atoms with Crippen molar-refractivity contribution < 1.29 is 14.3 Å². The van der Waals surface area contributed by atoms with Crippen LogP contribution in [0.2, 0.25) is 0 Å². The fraction of sp³-hybridized carbons (Fsp3) is 0.500. The molecule has 2 aromatic heterocycles. The van der Waals surface area contributed by atoms with Crippen LogP contribution >= 0.6 is 11.3 Å². The fourth-order valence-electron chi connectivity index (χ4n) is 2.53. The lowest BCUT2D eigenvalue weighted by molar-refractivity contribution is -0.117. The Labute approximate surface area is 157 Å². The molecule has 0 fully saturated rings. The van der Waals surface area contributed by atoms with Gasteiger partial charge in [-0.05, 0) is 33.4 Å². The first-order chi connectivity index (χ1) is 12.3. The highest BCUT2D eigenvalue weighted by molar-refractivity contribution is 7.16. The van der Waals surface area contributed by atoms with E-state index in [0.717, 1.165) is 22.6 Å². The van der Waals surface area contributed by atoms with E-state index in [1.54, 1.807) is 13.0 Å². The maximum atomic E-state index is 12.4. The van der Waals surface area contributed by atoms with Crippen LogP contribution in [0.15, 0.2) is 12.3 Å². The SMILES string of the molecule is CCOC(=O)c1cc(CC)sc1NC(=O)CN(C)Cc1cnn(C)c1C. The summed E-state index contributed by atoms with van der Waals surface area (Å²) in [6, 6.07) is 1.79. The number of likely N-dealkylation sites (N-methyl/N-ethyl adjacent to an activating group) is 1. The molecule has 0 aliphatic carbocycles. The van der Waals surface area contributed by atoms with Gasteiger partial charge >= 0.3 is 5.97 Å². The maximum Gasteiger partial charge on any atom is 0.341 e. The highest BCUT2D eigenvalue weighted by Gasteiger charge is 2.19. The van der Waals surface area contributed by atoms with Gasteiger partial charge < -0.3 is 10.1 Å². The van der Waals surface area contributed by atoms with Crippen LogP contribution in [0.1, 0.15) is 40.3 Å². The van der Waals surface area contributed by atoms with Crippen molar-refractivity contribution in [2.24, 2.45) is 7.05 Å². The molecular weight excluding hydrogens is 352 g/mol. The molecule has 2 heterocycles. The zero-order valence-corrected chi connectivity index (χ0v) is 16.8. The predicted molar refractivity (Wildman–Crippen MR) is 103 cm³/mol. The van der Waals surface area contributed by atoms with Gasteiger partial charge in [-0.15, -0.1) is 11.3 Å². The van der Waals surface area contributed by atoms with Crippen molar-refractivity contribution in [3.05, 3.63) is 34.0 Å². The van der Waals surface area contributed by atoms with Crippen molar-refractivity contribution in [2.75, 3.05) is 25.5 Å². The molecule has 8 heteroatoms. The number of aryl methyl sites for hydroxylation is 2. The summed E-state index contributed by atoms with van der Waals surface area (Å²) in [5.74, 6) is -0.567. The molecular formula is C18H26N4O3S. The van der Waals surface area contributed by atoms with E-state index in [1.807, 2.05) is 43.7 Å². The number of carbonyl (C=O) groups is 2. The van der Waals surface area contributed by atoms with Gasteiger partial charge in [-0.1, -0.05) is 6.92 Å². The van der Waals surface area contributed by atoms with Crippen molar-refractivity contribution in [1.82, 2.24) is 14.7 Å². The first-order valence-corrected chi connectivity index (χ1v) is 9.43. The Balaban J connectivity index is 2.01. The number of rotatable bonds is 8. The van der Waals surface area contributed by atoms with Crippen LogP contribution < -0.4 is 5.32 Å². The van der Waals surface area contributed by atoms with Crippen molar-refractivity contribution in [1.29, 1.82) is 0 Å². The van der Waals surface area contributed by atoms with E-state index in [0.29, 0.717) is 23.7 Å². The molecule has 1 amide bonds. The summed E-state index contributed by atoms with van der Waals surface area (Å²) >= 11 is 1.41.